The molecular weight excluding hydrogens is 367 g/mol. The molecule has 140 valence electrons. The number of rotatable bonds is 7. The Morgan fingerprint density at radius 3 is 2.67 bits per heavy atom. The molecule has 3 aromatic rings. The number of amides is 1. The monoisotopic (exact) mass is 386 g/mol. The van der Waals surface area contributed by atoms with Crippen LogP contribution >= 0.6 is 11.3 Å². The third-order valence-corrected chi connectivity index (χ3v) is 4.86. The SMILES string of the molecule is COc1ccc(CNC(=O)Cc2csc(-c3ccccc3F)n2)cc1OC. The minimum absolute atomic E-state index is 0.137. The second kappa shape index (κ2) is 8.64. The predicted molar refractivity (Wildman–Crippen MR) is 103 cm³/mol. The van der Waals surface area contributed by atoms with Crippen LogP contribution in [0.5, 0.6) is 11.5 Å². The molecule has 0 saturated carbocycles. The van der Waals surface area contributed by atoms with E-state index in [0.717, 1.165) is 5.56 Å². The van der Waals surface area contributed by atoms with Crippen molar-refractivity contribution in [2.24, 2.45) is 0 Å². The van der Waals surface area contributed by atoms with E-state index in [1.54, 1.807) is 43.9 Å². The summed E-state index contributed by atoms with van der Waals surface area (Å²) in [4.78, 5) is 16.6. The van der Waals surface area contributed by atoms with Gasteiger partial charge in [0.1, 0.15) is 10.8 Å². The van der Waals surface area contributed by atoms with E-state index in [0.29, 0.717) is 34.3 Å². The van der Waals surface area contributed by atoms with Crippen molar-refractivity contribution >= 4 is 17.2 Å². The Morgan fingerprint density at radius 1 is 1.15 bits per heavy atom. The summed E-state index contributed by atoms with van der Waals surface area (Å²) in [5, 5.41) is 5.19. The summed E-state index contributed by atoms with van der Waals surface area (Å²) in [6, 6.07) is 11.9. The predicted octanol–water partition coefficient (Wildman–Crippen LogP) is 3.83. The Hall–Kier alpha value is -2.93. The molecule has 7 heteroatoms. The van der Waals surface area contributed by atoms with E-state index < -0.39 is 0 Å². The Bertz CT molecular complexity index is 942. The molecule has 1 N–H and O–H groups in total. The second-order valence-electron chi connectivity index (χ2n) is 5.77. The molecule has 0 aliphatic heterocycles. The summed E-state index contributed by atoms with van der Waals surface area (Å²) >= 11 is 1.32. The highest BCUT2D eigenvalue weighted by atomic mass is 32.1. The van der Waals surface area contributed by atoms with Gasteiger partial charge < -0.3 is 14.8 Å². The average Bonchev–Trinajstić information content (AvgIpc) is 3.14. The van der Waals surface area contributed by atoms with Crippen molar-refractivity contribution in [1.29, 1.82) is 0 Å². The van der Waals surface area contributed by atoms with Gasteiger partial charge in [0, 0.05) is 17.5 Å². The lowest BCUT2D eigenvalue weighted by Gasteiger charge is -2.10. The van der Waals surface area contributed by atoms with Crippen LogP contribution in [0.25, 0.3) is 10.6 Å². The van der Waals surface area contributed by atoms with Gasteiger partial charge >= 0.3 is 0 Å². The van der Waals surface area contributed by atoms with Gasteiger partial charge in [-0.05, 0) is 29.8 Å². The van der Waals surface area contributed by atoms with E-state index in [9.17, 15) is 9.18 Å². The fourth-order valence-electron chi connectivity index (χ4n) is 2.56. The highest BCUT2D eigenvalue weighted by Gasteiger charge is 2.12. The van der Waals surface area contributed by atoms with Gasteiger partial charge in [-0.25, -0.2) is 9.37 Å². The number of hydrogen-bond donors (Lipinski definition) is 1. The lowest BCUT2D eigenvalue weighted by atomic mass is 10.2. The molecule has 0 aliphatic carbocycles. The third-order valence-electron chi connectivity index (χ3n) is 3.94. The van der Waals surface area contributed by atoms with Crippen molar-refractivity contribution in [3.8, 4) is 22.1 Å². The van der Waals surface area contributed by atoms with E-state index in [2.05, 4.69) is 10.3 Å². The first-order chi connectivity index (χ1) is 13.1. The summed E-state index contributed by atoms with van der Waals surface area (Å²) in [6.45, 7) is 0.365. The van der Waals surface area contributed by atoms with Crippen molar-refractivity contribution in [3.05, 3.63) is 64.9 Å². The van der Waals surface area contributed by atoms with Gasteiger partial charge in [0.15, 0.2) is 11.5 Å². The normalized spacial score (nSPS) is 10.5. The van der Waals surface area contributed by atoms with Gasteiger partial charge in [0.25, 0.3) is 0 Å². The number of aromatic nitrogens is 1. The maximum absolute atomic E-state index is 13.8. The number of benzene rings is 2. The van der Waals surface area contributed by atoms with Crippen molar-refractivity contribution in [2.75, 3.05) is 14.2 Å². The van der Waals surface area contributed by atoms with E-state index in [4.69, 9.17) is 9.47 Å². The summed E-state index contributed by atoms with van der Waals surface area (Å²) in [6.07, 6.45) is 0.137. The largest absolute Gasteiger partial charge is 0.493 e. The molecule has 0 spiro atoms. The smallest absolute Gasteiger partial charge is 0.226 e. The van der Waals surface area contributed by atoms with Gasteiger partial charge in [0.2, 0.25) is 5.91 Å². The van der Waals surface area contributed by atoms with Gasteiger partial charge in [-0.15, -0.1) is 11.3 Å². The lowest BCUT2D eigenvalue weighted by Crippen LogP contribution is -2.24. The van der Waals surface area contributed by atoms with Crippen LogP contribution in [-0.4, -0.2) is 25.1 Å². The molecule has 3 rings (SSSR count). The van der Waals surface area contributed by atoms with Crippen molar-refractivity contribution in [3.63, 3.8) is 0 Å². The number of carbonyl (C=O) groups excluding carboxylic acids is 1. The second-order valence-corrected chi connectivity index (χ2v) is 6.62. The fraction of sp³-hybridized carbons (Fsp3) is 0.200. The van der Waals surface area contributed by atoms with Crippen molar-refractivity contribution < 1.29 is 18.7 Å². The molecule has 0 bridgehead atoms. The minimum atomic E-state index is -0.323. The Balaban J connectivity index is 1.60. The zero-order chi connectivity index (χ0) is 19.2. The summed E-state index contributed by atoms with van der Waals surface area (Å²) in [7, 11) is 3.14. The summed E-state index contributed by atoms with van der Waals surface area (Å²) in [5.74, 6) is 0.764. The lowest BCUT2D eigenvalue weighted by molar-refractivity contribution is -0.120. The van der Waals surface area contributed by atoms with Crippen LogP contribution in [0, 0.1) is 5.82 Å². The third kappa shape index (κ3) is 4.62. The average molecular weight is 386 g/mol. The van der Waals surface area contributed by atoms with Gasteiger partial charge in [-0.1, -0.05) is 18.2 Å². The molecular formula is C20H19FN2O3S. The molecule has 1 aromatic heterocycles. The summed E-state index contributed by atoms with van der Waals surface area (Å²) in [5.41, 5.74) is 1.95. The molecule has 1 amide bonds. The van der Waals surface area contributed by atoms with E-state index in [1.807, 2.05) is 12.1 Å². The number of ether oxygens (including phenoxy) is 2. The maximum Gasteiger partial charge on any atom is 0.226 e. The van der Waals surface area contributed by atoms with Crippen LogP contribution in [0.1, 0.15) is 11.3 Å². The molecule has 0 saturated heterocycles. The van der Waals surface area contributed by atoms with Crippen molar-refractivity contribution in [1.82, 2.24) is 10.3 Å². The van der Waals surface area contributed by atoms with Crippen LogP contribution in [0.15, 0.2) is 47.8 Å². The molecule has 0 aliphatic rings. The first kappa shape index (κ1) is 18.8. The first-order valence-electron chi connectivity index (χ1n) is 8.27. The zero-order valence-corrected chi connectivity index (χ0v) is 15.8. The Labute approximate surface area is 160 Å². The molecule has 2 aromatic carbocycles. The summed E-state index contributed by atoms with van der Waals surface area (Å²) < 4.78 is 24.3. The fourth-order valence-corrected chi connectivity index (χ4v) is 3.41. The molecule has 27 heavy (non-hydrogen) atoms. The number of nitrogens with one attached hydrogen (secondary N) is 1. The van der Waals surface area contributed by atoms with Gasteiger partial charge in [-0.2, -0.15) is 0 Å². The topological polar surface area (TPSA) is 60.5 Å². The van der Waals surface area contributed by atoms with Gasteiger partial charge in [0.05, 0.1) is 26.3 Å². The molecule has 0 fully saturated rings. The standard InChI is InChI=1S/C20H19FN2O3S/c1-25-17-8-7-13(9-18(17)26-2)11-22-19(24)10-14-12-27-20(23-14)15-5-3-4-6-16(15)21/h3-9,12H,10-11H2,1-2H3,(H,22,24). The van der Waals surface area contributed by atoms with Crippen LogP contribution in [0.3, 0.4) is 0 Å². The number of thiazole rings is 1. The minimum Gasteiger partial charge on any atom is -0.493 e. The van der Waals surface area contributed by atoms with E-state index >= 15 is 0 Å². The van der Waals surface area contributed by atoms with E-state index in [-0.39, 0.29) is 18.1 Å². The number of methoxy groups -OCH3 is 2. The Morgan fingerprint density at radius 2 is 1.93 bits per heavy atom. The number of nitrogens with zero attached hydrogens (tertiary/aromatic N) is 1. The van der Waals surface area contributed by atoms with Crippen molar-refractivity contribution in [2.45, 2.75) is 13.0 Å². The maximum atomic E-state index is 13.8. The number of halogens is 1. The zero-order valence-electron chi connectivity index (χ0n) is 15.0. The number of carbonyl (C=O) groups is 1. The first-order valence-corrected chi connectivity index (χ1v) is 9.15. The highest BCUT2D eigenvalue weighted by Crippen LogP contribution is 2.28. The number of hydrogen-bond acceptors (Lipinski definition) is 5. The highest BCUT2D eigenvalue weighted by molar-refractivity contribution is 7.13. The molecule has 5 nitrogen and oxygen atoms in total. The van der Waals surface area contributed by atoms with Crippen LogP contribution in [0.2, 0.25) is 0 Å². The molecule has 1 heterocycles. The Kier molecular flexibility index (Phi) is 6.03. The molecule has 0 radical (unpaired) electrons. The van der Waals surface area contributed by atoms with Crippen LogP contribution in [-0.2, 0) is 17.8 Å². The van der Waals surface area contributed by atoms with E-state index in [1.165, 1.54) is 17.4 Å². The van der Waals surface area contributed by atoms with Gasteiger partial charge in [-0.3, -0.25) is 4.79 Å². The quantitative estimate of drug-likeness (QED) is 0.671. The van der Waals surface area contributed by atoms with Crippen LogP contribution < -0.4 is 14.8 Å². The molecule has 0 atom stereocenters. The van der Waals surface area contributed by atoms with Crippen LogP contribution in [0.4, 0.5) is 4.39 Å². The molecule has 0 unspecified atom stereocenters.